The summed E-state index contributed by atoms with van der Waals surface area (Å²) in [7, 11) is 1.70. The zero-order valence-corrected chi connectivity index (χ0v) is 13.8. The van der Waals surface area contributed by atoms with Crippen LogP contribution in [0.25, 0.3) is 0 Å². The van der Waals surface area contributed by atoms with Crippen molar-refractivity contribution in [2.75, 3.05) is 25.3 Å². The summed E-state index contributed by atoms with van der Waals surface area (Å²) in [5.41, 5.74) is 3.26. The summed E-state index contributed by atoms with van der Waals surface area (Å²) in [6.45, 7) is 7.12. The maximum Gasteiger partial charge on any atom is 0.235 e. The second-order valence-electron chi connectivity index (χ2n) is 7.23. The van der Waals surface area contributed by atoms with Gasteiger partial charge in [0.05, 0.1) is 31.9 Å². The topological polar surface area (TPSA) is 52.7 Å². The molecule has 0 aliphatic carbocycles. The highest BCUT2D eigenvalue weighted by Crippen LogP contribution is 2.59. The van der Waals surface area contributed by atoms with Crippen molar-refractivity contribution in [3.63, 3.8) is 0 Å². The Hall–Kier alpha value is -1.34. The van der Waals surface area contributed by atoms with E-state index in [1.54, 1.807) is 7.11 Å². The third-order valence-electron chi connectivity index (χ3n) is 5.17. The van der Waals surface area contributed by atoms with Gasteiger partial charge in [-0.2, -0.15) is 0 Å². The molecule has 0 radical (unpaired) electrons. The summed E-state index contributed by atoms with van der Waals surface area (Å²) in [5, 5.41) is 1.91. The van der Waals surface area contributed by atoms with Crippen molar-refractivity contribution < 1.29 is 23.8 Å². The number of epoxide rings is 1. The van der Waals surface area contributed by atoms with E-state index in [0.29, 0.717) is 13.2 Å². The summed E-state index contributed by atoms with van der Waals surface area (Å²) < 4.78 is 23.8. The Balaban J connectivity index is 1.72. The lowest BCUT2D eigenvalue weighted by atomic mass is 9.81. The number of methoxy groups -OCH3 is 1. The van der Waals surface area contributed by atoms with Crippen molar-refractivity contribution in [1.82, 2.24) is 0 Å². The molecule has 4 atom stereocenters. The Morgan fingerprint density at radius 1 is 1.30 bits per heavy atom. The maximum absolute atomic E-state index is 6.33. The lowest BCUT2D eigenvalue weighted by Crippen LogP contribution is -2.66. The summed E-state index contributed by atoms with van der Waals surface area (Å²) in [4.78, 5) is 6.33. The summed E-state index contributed by atoms with van der Waals surface area (Å²) in [6.07, 6.45) is 0.103. The molecule has 6 nitrogen and oxygen atoms in total. The van der Waals surface area contributed by atoms with E-state index in [-0.39, 0.29) is 18.1 Å². The average Bonchev–Trinajstić information content (AvgIpc) is 3.26. The molecule has 1 spiro atoms. The van der Waals surface area contributed by atoms with Crippen LogP contribution in [0.2, 0.25) is 0 Å². The van der Waals surface area contributed by atoms with Gasteiger partial charge in [-0.05, 0) is 38.5 Å². The fourth-order valence-electron chi connectivity index (χ4n) is 4.19. The number of hydroxylamine groups is 1. The largest absolute Gasteiger partial charge is 0.496 e. The first-order valence-corrected chi connectivity index (χ1v) is 8.08. The Morgan fingerprint density at radius 2 is 2.13 bits per heavy atom. The van der Waals surface area contributed by atoms with Gasteiger partial charge in [-0.3, -0.25) is 0 Å². The number of rotatable bonds is 1. The standard InChI is InChI=1S/C17H21NO5/c1-9-5-11-14(12(6-9)19-4)10-8-20-16(2,3)22-17(10)15-13(21-15)7-18(11)23-17/h5-6,10,13,15H,7-8H2,1-4H3/t10-,13+,15+,17?/m1/s1. The number of nitrogens with zero attached hydrogens (tertiary/aromatic N) is 1. The highest BCUT2D eigenvalue weighted by Gasteiger charge is 2.71. The molecule has 0 aromatic heterocycles. The molecule has 5 rings (SSSR count). The summed E-state index contributed by atoms with van der Waals surface area (Å²) in [5.74, 6) is -0.757. The highest BCUT2D eigenvalue weighted by molar-refractivity contribution is 5.65. The molecule has 23 heavy (non-hydrogen) atoms. The van der Waals surface area contributed by atoms with E-state index in [9.17, 15) is 0 Å². The van der Waals surface area contributed by atoms with Gasteiger partial charge in [0.1, 0.15) is 18.0 Å². The zero-order chi connectivity index (χ0) is 16.0. The van der Waals surface area contributed by atoms with Crippen molar-refractivity contribution in [1.29, 1.82) is 0 Å². The van der Waals surface area contributed by atoms with Gasteiger partial charge in [0.15, 0.2) is 5.79 Å². The molecule has 4 aliphatic rings. The summed E-state index contributed by atoms with van der Waals surface area (Å²) >= 11 is 0. The number of ether oxygens (including phenoxy) is 4. The van der Waals surface area contributed by atoms with Gasteiger partial charge in [-0.15, -0.1) is 0 Å². The van der Waals surface area contributed by atoms with Crippen LogP contribution in [0.4, 0.5) is 5.69 Å². The zero-order valence-electron chi connectivity index (χ0n) is 13.8. The second-order valence-corrected chi connectivity index (χ2v) is 7.23. The van der Waals surface area contributed by atoms with Crippen LogP contribution in [-0.4, -0.2) is 44.0 Å². The predicted molar refractivity (Wildman–Crippen MR) is 81.4 cm³/mol. The average molecular weight is 319 g/mol. The lowest BCUT2D eigenvalue weighted by Gasteiger charge is -2.55. The van der Waals surface area contributed by atoms with E-state index in [1.807, 2.05) is 18.9 Å². The van der Waals surface area contributed by atoms with E-state index in [4.69, 9.17) is 23.8 Å². The van der Waals surface area contributed by atoms with Crippen LogP contribution < -0.4 is 9.80 Å². The minimum absolute atomic E-state index is 0.0499. The van der Waals surface area contributed by atoms with Gasteiger partial charge < -0.3 is 18.9 Å². The molecule has 1 aromatic rings. The molecule has 1 aromatic carbocycles. The molecule has 0 saturated carbocycles. The third kappa shape index (κ3) is 1.78. The smallest absolute Gasteiger partial charge is 0.235 e. The molecule has 4 aliphatic heterocycles. The van der Waals surface area contributed by atoms with Crippen molar-refractivity contribution >= 4 is 5.69 Å². The monoisotopic (exact) mass is 319 g/mol. The first kappa shape index (κ1) is 14.0. The second kappa shape index (κ2) is 4.19. The van der Waals surface area contributed by atoms with E-state index in [0.717, 1.165) is 22.6 Å². The first-order valence-electron chi connectivity index (χ1n) is 8.08. The van der Waals surface area contributed by atoms with Crippen LogP contribution in [0.15, 0.2) is 12.1 Å². The van der Waals surface area contributed by atoms with E-state index >= 15 is 0 Å². The quantitative estimate of drug-likeness (QED) is 0.739. The highest BCUT2D eigenvalue weighted by atomic mass is 16.9. The van der Waals surface area contributed by atoms with Crippen LogP contribution in [-0.2, 0) is 19.0 Å². The van der Waals surface area contributed by atoms with Gasteiger partial charge in [-0.25, -0.2) is 9.90 Å². The normalized spacial score (nSPS) is 39.1. The van der Waals surface area contributed by atoms with Crippen molar-refractivity contribution in [3.8, 4) is 5.75 Å². The summed E-state index contributed by atoms with van der Waals surface area (Å²) in [6, 6.07) is 4.18. The molecule has 6 heteroatoms. The van der Waals surface area contributed by atoms with E-state index in [2.05, 4.69) is 19.1 Å². The third-order valence-corrected chi connectivity index (χ3v) is 5.17. The van der Waals surface area contributed by atoms with Crippen LogP contribution >= 0.6 is 0 Å². The molecule has 2 bridgehead atoms. The van der Waals surface area contributed by atoms with E-state index in [1.165, 1.54) is 0 Å². The molecule has 0 N–H and O–H groups in total. The lowest BCUT2D eigenvalue weighted by molar-refractivity contribution is -0.406. The number of anilines is 1. The number of hydrogen-bond acceptors (Lipinski definition) is 6. The van der Waals surface area contributed by atoms with Crippen molar-refractivity contribution in [2.24, 2.45) is 0 Å². The Kier molecular flexibility index (Phi) is 2.56. The molecule has 124 valence electrons. The number of hydrogen-bond donors (Lipinski definition) is 0. The molecule has 3 fully saturated rings. The Morgan fingerprint density at radius 3 is 2.91 bits per heavy atom. The number of fused-ring (bicyclic) bond motifs is 5. The molecule has 1 unspecified atom stereocenters. The van der Waals surface area contributed by atoms with Gasteiger partial charge >= 0.3 is 0 Å². The fourth-order valence-corrected chi connectivity index (χ4v) is 4.19. The number of benzene rings is 1. The van der Waals surface area contributed by atoms with Crippen molar-refractivity contribution in [3.05, 3.63) is 23.3 Å². The van der Waals surface area contributed by atoms with Gasteiger partial charge in [0.25, 0.3) is 0 Å². The fraction of sp³-hybridized carbons (Fsp3) is 0.647. The van der Waals surface area contributed by atoms with Crippen molar-refractivity contribution in [2.45, 2.75) is 50.5 Å². The molecule has 3 saturated heterocycles. The molecular formula is C17H21NO5. The maximum atomic E-state index is 6.33. The van der Waals surface area contributed by atoms with Crippen LogP contribution in [0.1, 0.15) is 30.9 Å². The predicted octanol–water partition coefficient (Wildman–Crippen LogP) is 2.10. The van der Waals surface area contributed by atoms with Gasteiger partial charge in [0.2, 0.25) is 5.79 Å². The number of aryl methyl sites for hydroxylation is 1. The Bertz CT molecular complexity index is 690. The van der Waals surface area contributed by atoms with Crippen LogP contribution in [0.3, 0.4) is 0 Å². The molecule has 0 amide bonds. The molecule has 4 heterocycles. The minimum atomic E-state index is -0.833. The van der Waals surface area contributed by atoms with Crippen LogP contribution in [0, 0.1) is 6.92 Å². The minimum Gasteiger partial charge on any atom is -0.496 e. The van der Waals surface area contributed by atoms with E-state index < -0.39 is 11.6 Å². The molecular weight excluding hydrogens is 298 g/mol. The Labute approximate surface area is 135 Å². The van der Waals surface area contributed by atoms with Gasteiger partial charge in [0, 0.05) is 5.56 Å². The van der Waals surface area contributed by atoms with Crippen LogP contribution in [0.5, 0.6) is 5.75 Å². The van der Waals surface area contributed by atoms with Gasteiger partial charge in [-0.1, -0.05) is 0 Å². The first-order chi connectivity index (χ1) is 10.9. The SMILES string of the molecule is COc1cc(C)cc2c1[C@H]1COC(C)(C)OC13ON2C[C@@H]1O[C@@H]13.